The Morgan fingerprint density at radius 3 is 2.73 bits per heavy atom. The minimum Gasteiger partial charge on any atom is -0.480 e. The van der Waals surface area contributed by atoms with E-state index in [0.29, 0.717) is 19.6 Å². The number of likely N-dealkylation sites (N-methyl/N-ethyl adjacent to an activating group) is 1. The lowest BCUT2D eigenvalue weighted by Crippen LogP contribution is -2.42. The van der Waals surface area contributed by atoms with Crippen LogP contribution in [0.5, 0.6) is 0 Å². The molecule has 1 aromatic carbocycles. The SMILES string of the molecule is CCN(C(=O)OCc1ccccc1)[C@H]1CCN(CC(=O)O)C1. The molecule has 0 bridgehead atoms. The highest BCUT2D eigenvalue weighted by molar-refractivity contribution is 5.69. The normalized spacial score (nSPS) is 18.1. The van der Waals surface area contributed by atoms with Gasteiger partial charge in [-0.15, -0.1) is 0 Å². The van der Waals surface area contributed by atoms with E-state index >= 15 is 0 Å². The van der Waals surface area contributed by atoms with Gasteiger partial charge in [0.2, 0.25) is 0 Å². The number of carboxylic acid groups (broad SMARTS) is 1. The number of benzene rings is 1. The molecule has 1 aliphatic heterocycles. The van der Waals surface area contributed by atoms with Crippen molar-refractivity contribution < 1.29 is 19.4 Å². The lowest BCUT2D eigenvalue weighted by atomic mass is 10.2. The molecule has 1 aliphatic rings. The number of carbonyl (C=O) groups is 2. The first kappa shape index (κ1) is 16.3. The van der Waals surface area contributed by atoms with E-state index < -0.39 is 5.97 Å². The van der Waals surface area contributed by atoms with Gasteiger partial charge in [-0.3, -0.25) is 9.69 Å². The quantitative estimate of drug-likeness (QED) is 0.868. The molecule has 1 atom stereocenters. The molecule has 1 amide bonds. The highest BCUT2D eigenvalue weighted by atomic mass is 16.6. The number of hydrogen-bond donors (Lipinski definition) is 1. The van der Waals surface area contributed by atoms with E-state index in [2.05, 4.69) is 0 Å². The van der Waals surface area contributed by atoms with Gasteiger partial charge < -0.3 is 14.7 Å². The zero-order valence-electron chi connectivity index (χ0n) is 12.8. The van der Waals surface area contributed by atoms with Crippen molar-refractivity contribution in [1.29, 1.82) is 0 Å². The van der Waals surface area contributed by atoms with Crippen LogP contribution in [-0.2, 0) is 16.1 Å². The van der Waals surface area contributed by atoms with Crippen LogP contribution in [-0.4, -0.2) is 59.2 Å². The third kappa shape index (κ3) is 4.46. The van der Waals surface area contributed by atoms with Gasteiger partial charge in [0.25, 0.3) is 0 Å². The molecule has 1 heterocycles. The molecular formula is C16H22N2O4. The maximum Gasteiger partial charge on any atom is 0.410 e. The molecule has 6 nitrogen and oxygen atoms in total. The lowest BCUT2D eigenvalue weighted by Gasteiger charge is -2.27. The average Bonchev–Trinajstić information content (AvgIpc) is 2.94. The van der Waals surface area contributed by atoms with Crippen LogP contribution in [0, 0.1) is 0 Å². The van der Waals surface area contributed by atoms with Crippen molar-refractivity contribution in [2.24, 2.45) is 0 Å². The van der Waals surface area contributed by atoms with Crippen molar-refractivity contribution in [2.45, 2.75) is 26.0 Å². The van der Waals surface area contributed by atoms with Gasteiger partial charge in [-0.1, -0.05) is 30.3 Å². The third-order valence-electron chi connectivity index (χ3n) is 3.83. The van der Waals surface area contributed by atoms with Crippen LogP contribution in [0.3, 0.4) is 0 Å². The van der Waals surface area contributed by atoms with Crippen LogP contribution in [0.1, 0.15) is 18.9 Å². The van der Waals surface area contributed by atoms with Gasteiger partial charge in [-0.05, 0) is 18.9 Å². The molecule has 0 saturated carbocycles. The van der Waals surface area contributed by atoms with Crippen molar-refractivity contribution in [1.82, 2.24) is 9.80 Å². The molecule has 6 heteroatoms. The van der Waals surface area contributed by atoms with Gasteiger partial charge in [-0.25, -0.2) is 4.79 Å². The van der Waals surface area contributed by atoms with Gasteiger partial charge in [0.15, 0.2) is 0 Å². The van der Waals surface area contributed by atoms with Gasteiger partial charge in [0.05, 0.1) is 6.54 Å². The average molecular weight is 306 g/mol. The second-order valence-electron chi connectivity index (χ2n) is 5.40. The summed E-state index contributed by atoms with van der Waals surface area (Å²) in [6.07, 6.45) is 0.440. The van der Waals surface area contributed by atoms with Gasteiger partial charge in [-0.2, -0.15) is 0 Å². The first-order valence-corrected chi connectivity index (χ1v) is 7.51. The Balaban J connectivity index is 1.85. The molecule has 1 N–H and O–H groups in total. The number of hydrogen-bond acceptors (Lipinski definition) is 4. The highest BCUT2D eigenvalue weighted by Crippen LogP contribution is 2.16. The predicted octanol–water partition coefficient (Wildman–Crippen LogP) is 1.80. The predicted molar refractivity (Wildman–Crippen MR) is 81.5 cm³/mol. The zero-order valence-corrected chi connectivity index (χ0v) is 12.8. The number of amides is 1. The number of ether oxygens (including phenoxy) is 1. The molecule has 0 unspecified atom stereocenters. The van der Waals surface area contributed by atoms with Gasteiger partial charge >= 0.3 is 12.1 Å². The van der Waals surface area contributed by atoms with Crippen molar-refractivity contribution in [3.8, 4) is 0 Å². The van der Waals surface area contributed by atoms with E-state index in [1.165, 1.54) is 0 Å². The van der Waals surface area contributed by atoms with Gasteiger partial charge in [0.1, 0.15) is 6.61 Å². The number of carbonyl (C=O) groups excluding carboxylic acids is 1. The van der Waals surface area contributed by atoms with Crippen molar-refractivity contribution >= 4 is 12.1 Å². The molecule has 0 aliphatic carbocycles. The largest absolute Gasteiger partial charge is 0.480 e. The number of nitrogens with zero attached hydrogens (tertiary/aromatic N) is 2. The summed E-state index contributed by atoms with van der Waals surface area (Å²) in [5.74, 6) is -0.838. The Bertz CT molecular complexity index is 506. The second-order valence-corrected chi connectivity index (χ2v) is 5.40. The van der Waals surface area contributed by atoms with Crippen molar-refractivity contribution in [3.05, 3.63) is 35.9 Å². The molecule has 120 valence electrons. The fourth-order valence-electron chi connectivity index (χ4n) is 2.74. The summed E-state index contributed by atoms with van der Waals surface area (Å²) in [6.45, 7) is 4.01. The highest BCUT2D eigenvalue weighted by Gasteiger charge is 2.31. The van der Waals surface area contributed by atoms with E-state index in [1.807, 2.05) is 42.2 Å². The summed E-state index contributed by atoms with van der Waals surface area (Å²) < 4.78 is 5.36. The third-order valence-corrected chi connectivity index (χ3v) is 3.83. The molecule has 2 rings (SSSR count). The standard InChI is InChI=1S/C16H22N2O4/c1-2-18(14-8-9-17(10-14)11-15(19)20)16(21)22-12-13-6-4-3-5-7-13/h3-7,14H,2,8-12H2,1H3,(H,19,20)/t14-/m0/s1. The summed E-state index contributed by atoms with van der Waals surface area (Å²) in [6, 6.07) is 9.57. The Labute approximate surface area is 130 Å². The van der Waals surface area contributed by atoms with Crippen LogP contribution >= 0.6 is 0 Å². The summed E-state index contributed by atoms with van der Waals surface area (Å²) in [5.41, 5.74) is 0.950. The van der Waals surface area contributed by atoms with E-state index in [0.717, 1.165) is 12.0 Å². The molecule has 22 heavy (non-hydrogen) atoms. The molecule has 0 radical (unpaired) electrons. The van der Waals surface area contributed by atoms with Crippen LogP contribution in [0.25, 0.3) is 0 Å². The second kappa shape index (κ2) is 7.79. The molecule has 0 aromatic heterocycles. The first-order chi connectivity index (χ1) is 10.6. The summed E-state index contributed by atoms with van der Waals surface area (Å²) >= 11 is 0. The topological polar surface area (TPSA) is 70.1 Å². The van der Waals surface area contributed by atoms with Gasteiger partial charge in [0, 0.05) is 25.7 Å². The molecular weight excluding hydrogens is 284 g/mol. The van der Waals surface area contributed by atoms with E-state index in [9.17, 15) is 9.59 Å². The van der Waals surface area contributed by atoms with Crippen molar-refractivity contribution in [3.63, 3.8) is 0 Å². The minimum atomic E-state index is -0.838. The first-order valence-electron chi connectivity index (χ1n) is 7.51. The lowest BCUT2D eigenvalue weighted by molar-refractivity contribution is -0.138. The Morgan fingerprint density at radius 1 is 1.36 bits per heavy atom. The fraction of sp³-hybridized carbons (Fsp3) is 0.500. The Morgan fingerprint density at radius 2 is 2.09 bits per heavy atom. The molecule has 1 aromatic rings. The smallest absolute Gasteiger partial charge is 0.410 e. The molecule has 1 fully saturated rings. The zero-order chi connectivity index (χ0) is 15.9. The summed E-state index contributed by atoms with van der Waals surface area (Å²) in [7, 11) is 0. The summed E-state index contributed by atoms with van der Waals surface area (Å²) in [4.78, 5) is 26.5. The number of carboxylic acids is 1. The molecule has 1 saturated heterocycles. The Hall–Kier alpha value is -2.08. The van der Waals surface area contributed by atoms with E-state index in [4.69, 9.17) is 9.84 Å². The number of rotatable bonds is 6. The van der Waals surface area contributed by atoms with Crippen molar-refractivity contribution in [2.75, 3.05) is 26.2 Å². The van der Waals surface area contributed by atoms with E-state index in [-0.39, 0.29) is 25.3 Å². The number of likely N-dealkylation sites (tertiary alicyclic amines) is 1. The minimum absolute atomic E-state index is 0.0209. The number of aliphatic carboxylic acids is 1. The summed E-state index contributed by atoms with van der Waals surface area (Å²) in [5, 5.41) is 8.83. The Kier molecular flexibility index (Phi) is 5.77. The molecule has 0 spiro atoms. The van der Waals surface area contributed by atoms with E-state index in [1.54, 1.807) is 4.90 Å². The monoisotopic (exact) mass is 306 g/mol. The fourth-order valence-corrected chi connectivity index (χ4v) is 2.74. The van der Waals surface area contributed by atoms with Crippen LogP contribution < -0.4 is 0 Å². The van der Waals surface area contributed by atoms with Crippen LogP contribution in [0.15, 0.2) is 30.3 Å². The van der Waals surface area contributed by atoms with Crippen LogP contribution in [0.2, 0.25) is 0 Å². The maximum absolute atomic E-state index is 12.2. The maximum atomic E-state index is 12.2. The van der Waals surface area contributed by atoms with Crippen LogP contribution in [0.4, 0.5) is 4.79 Å².